The van der Waals surface area contributed by atoms with Crippen molar-refractivity contribution in [1.82, 2.24) is 10.6 Å². The van der Waals surface area contributed by atoms with Crippen LogP contribution in [0.25, 0.3) is 0 Å². The molecule has 0 aliphatic carbocycles. The van der Waals surface area contributed by atoms with Crippen molar-refractivity contribution in [3.8, 4) is 0 Å². The van der Waals surface area contributed by atoms with Gasteiger partial charge in [0.2, 0.25) is 11.8 Å². The van der Waals surface area contributed by atoms with Crippen LogP contribution in [0.3, 0.4) is 0 Å². The second kappa shape index (κ2) is 14.0. The van der Waals surface area contributed by atoms with E-state index < -0.39 is 42.5 Å². The fourth-order valence-corrected chi connectivity index (χ4v) is 2.16. The number of hydrogen-bond donors (Lipinski definition) is 9. The molecule has 14 N–H and O–H groups in total. The number of guanidine groups is 2. The minimum absolute atomic E-state index is 0.0499. The van der Waals surface area contributed by atoms with Crippen LogP contribution in [-0.2, 0) is 14.4 Å². The first-order valence-electron chi connectivity index (χ1n) is 8.89. The fraction of sp³-hybridized carbons (Fsp3) is 0.667. The molecule has 0 aromatic rings. The largest absolute Gasteiger partial charge is 0.480 e. The number of aliphatic hydroxyl groups is 1. The Kier molecular flexibility index (Phi) is 12.4. The molecule has 0 fully saturated rings. The van der Waals surface area contributed by atoms with Gasteiger partial charge in [-0.15, -0.1) is 0 Å². The Morgan fingerprint density at radius 2 is 1.31 bits per heavy atom. The minimum atomic E-state index is -1.36. The summed E-state index contributed by atoms with van der Waals surface area (Å²) in [6, 6.07) is -3.55. The van der Waals surface area contributed by atoms with Crippen molar-refractivity contribution in [3.63, 3.8) is 0 Å². The Morgan fingerprint density at radius 1 is 0.828 bits per heavy atom. The molecule has 0 aliphatic rings. The number of hydrogen-bond acceptors (Lipinski definition) is 7. The van der Waals surface area contributed by atoms with E-state index in [1.807, 2.05) is 0 Å². The first-order chi connectivity index (χ1) is 13.6. The summed E-state index contributed by atoms with van der Waals surface area (Å²) in [5.74, 6) is -3.02. The normalized spacial score (nSPS) is 13.4. The number of aliphatic hydroxyl groups excluding tert-OH is 1. The number of carbonyl (C=O) groups is 3. The second-order valence-corrected chi connectivity index (χ2v) is 6.15. The molecule has 0 radical (unpaired) electrons. The number of aliphatic carboxylic acids is 1. The van der Waals surface area contributed by atoms with Crippen molar-refractivity contribution in [2.45, 2.75) is 43.8 Å². The van der Waals surface area contributed by atoms with Crippen LogP contribution in [0.5, 0.6) is 0 Å². The van der Waals surface area contributed by atoms with E-state index in [0.717, 1.165) is 0 Å². The molecule has 166 valence electrons. The van der Waals surface area contributed by atoms with Gasteiger partial charge in [-0.3, -0.25) is 19.6 Å². The monoisotopic (exact) mass is 417 g/mol. The Hall–Kier alpha value is -3.13. The number of carboxylic acid groups (broad SMARTS) is 1. The highest BCUT2D eigenvalue weighted by Gasteiger charge is 2.27. The summed E-state index contributed by atoms with van der Waals surface area (Å²) < 4.78 is 0. The number of nitrogens with zero attached hydrogens (tertiary/aromatic N) is 2. The molecule has 14 heteroatoms. The van der Waals surface area contributed by atoms with Gasteiger partial charge in [0.1, 0.15) is 12.1 Å². The lowest BCUT2D eigenvalue weighted by Gasteiger charge is -2.21. The third-order valence-electron chi connectivity index (χ3n) is 3.68. The highest BCUT2D eigenvalue weighted by Crippen LogP contribution is 2.01. The zero-order valence-corrected chi connectivity index (χ0v) is 16.1. The van der Waals surface area contributed by atoms with E-state index >= 15 is 0 Å². The van der Waals surface area contributed by atoms with Gasteiger partial charge >= 0.3 is 5.97 Å². The summed E-state index contributed by atoms with van der Waals surface area (Å²) in [5, 5.41) is 23.1. The molecular formula is C15H31N9O5. The maximum absolute atomic E-state index is 12.2. The Labute approximate surface area is 168 Å². The second-order valence-electron chi connectivity index (χ2n) is 6.15. The standard InChI is InChI=1S/C15H31N9O5/c16-8(3-1-5-21-14(17)18)11(26)24-10(7-25)12(27)23-9(13(28)29)4-2-6-22-15(19)20/h8-10,25H,1-7,16H2,(H,23,27)(H,24,26)(H,28,29)(H4,17,18,21)(H4,19,20,22)/t8-,9+,10+/m1/s1. The van der Waals surface area contributed by atoms with Gasteiger partial charge < -0.3 is 49.5 Å². The van der Waals surface area contributed by atoms with Gasteiger partial charge in [0.15, 0.2) is 11.9 Å². The van der Waals surface area contributed by atoms with Crippen LogP contribution < -0.4 is 39.3 Å². The van der Waals surface area contributed by atoms with Crippen LogP contribution in [0, 0.1) is 0 Å². The molecule has 3 atom stereocenters. The topological polar surface area (TPSA) is 271 Å². The molecular weight excluding hydrogens is 386 g/mol. The number of aliphatic imine (C=N–C) groups is 2. The quantitative estimate of drug-likeness (QED) is 0.0741. The average Bonchev–Trinajstić information content (AvgIpc) is 2.64. The van der Waals surface area contributed by atoms with Crippen LogP contribution in [0.2, 0.25) is 0 Å². The zero-order valence-electron chi connectivity index (χ0n) is 16.1. The van der Waals surface area contributed by atoms with Gasteiger partial charge in [-0.1, -0.05) is 0 Å². The maximum Gasteiger partial charge on any atom is 0.326 e. The summed E-state index contributed by atoms with van der Waals surface area (Å²) in [4.78, 5) is 43.1. The van der Waals surface area contributed by atoms with Gasteiger partial charge in [-0.25, -0.2) is 4.79 Å². The van der Waals surface area contributed by atoms with Crippen molar-refractivity contribution >= 4 is 29.7 Å². The van der Waals surface area contributed by atoms with E-state index in [9.17, 15) is 24.6 Å². The first-order valence-corrected chi connectivity index (χ1v) is 8.89. The molecule has 0 heterocycles. The average molecular weight is 417 g/mol. The molecule has 0 saturated carbocycles. The molecule has 0 aromatic carbocycles. The molecule has 29 heavy (non-hydrogen) atoms. The molecule has 0 rings (SSSR count). The maximum atomic E-state index is 12.2. The number of carboxylic acids is 1. The Morgan fingerprint density at radius 3 is 1.76 bits per heavy atom. The van der Waals surface area contributed by atoms with Crippen molar-refractivity contribution in [1.29, 1.82) is 0 Å². The number of nitrogens with two attached hydrogens (primary N) is 5. The van der Waals surface area contributed by atoms with E-state index in [0.29, 0.717) is 12.8 Å². The molecule has 0 bridgehead atoms. The fourth-order valence-electron chi connectivity index (χ4n) is 2.16. The first kappa shape index (κ1) is 25.9. The number of amides is 2. The van der Waals surface area contributed by atoms with Gasteiger partial charge in [-0.2, -0.15) is 0 Å². The predicted molar refractivity (Wildman–Crippen MR) is 106 cm³/mol. The van der Waals surface area contributed by atoms with Crippen molar-refractivity contribution in [3.05, 3.63) is 0 Å². The third-order valence-corrected chi connectivity index (χ3v) is 3.68. The van der Waals surface area contributed by atoms with Crippen LogP contribution >= 0.6 is 0 Å². The third kappa shape index (κ3) is 12.0. The molecule has 0 spiro atoms. The Bertz CT molecular complexity index is 603. The van der Waals surface area contributed by atoms with Crippen LogP contribution in [0.1, 0.15) is 25.7 Å². The Balaban J connectivity index is 4.63. The molecule has 2 amide bonds. The van der Waals surface area contributed by atoms with Gasteiger partial charge in [-0.05, 0) is 25.7 Å². The predicted octanol–water partition coefficient (Wildman–Crippen LogP) is -4.53. The lowest BCUT2D eigenvalue weighted by atomic mass is 10.1. The summed E-state index contributed by atoms with van der Waals surface area (Å²) >= 11 is 0. The lowest BCUT2D eigenvalue weighted by Crippen LogP contribution is -2.55. The zero-order chi connectivity index (χ0) is 22.4. The van der Waals surface area contributed by atoms with Crippen LogP contribution in [0.4, 0.5) is 0 Å². The summed E-state index contributed by atoms with van der Waals surface area (Å²) in [6.07, 6.45) is 1.02. The van der Waals surface area contributed by atoms with Gasteiger partial charge in [0.05, 0.1) is 12.6 Å². The van der Waals surface area contributed by atoms with Gasteiger partial charge in [0, 0.05) is 13.1 Å². The molecule has 0 aliphatic heterocycles. The number of rotatable bonds is 14. The van der Waals surface area contributed by atoms with Crippen LogP contribution in [0.15, 0.2) is 9.98 Å². The smallest absolute Gasteiger partial charge is 0.326 e. The summed E-state index contributed by atoms with van der Waals surface area (Å²) in [6.45, 7) is -0.261. The van der Waals surface area contributed by atoms with Crippen molar-refractivity contribution in [2.75, 3.05) is 19.7 Å². The SMILES string of the molecule is NC(N)=NCCC[C@@H](N)C(=O)N[C@@H](CO)C(=O)N[C@@H](CCCN=C(N)N)C(=O)O. The highest BCUT2D eigenvalue weighted by atomic mass is 16.4. The molecule has 14 nitrogen and oxygen atoms in total. The molecule has 0 saturated heterocycles. The van der Waals surface area contributed by atoms with E-state index in [1.165, 1.54) is 0 Å². The van der Waals surface area contributed by atoms with E-state index in [1.54, 1.807) is 0 Å². The lowest BCUT2D eigenvalue weighted by molar-refractivity contribution is -0.142. The summed E-state index contributed by atoms with van der Waals surface area (Å²) in [7, 11) is 0. The van der Waals surface area contributed by atoms with E-state index in [2.05, 4.69) is 20.6 Å². The van der Waals surface area contributed by atoms with Crippen molar-refractivity contribution in [2.24, 2.45) is 38.7 Å². The summed E-state index contributed by atoms with van der Waals surface area (Å²) in [5.41, 5.74) is 26.4. The minimum Gasteiger partial charge on any atom is -0.480 e. The van der Waals surface area contributed by atoms with E-state index in [4.69, 9.17) is 28.7 Å². The number of carbonyl (C=O) groups excluding carboxylic acids is 2. The van der Waals surface area contributed by atoms with Gasteiger partial charge in [0.25, 0.3) is 0 Å². The van der Waals surface area contributed by atoms with Crippen LogP contribution in [-0.4, -0.2) is 77.7 Å². The number of nitrogens with one attached hydrogen (secondary N) is 2. The highest BCUT2D eigenvalue weighted by molar-refractivity contribution is 5.91. The molecule has 0 aromatic heterocycles. The van der Waals surface area contributed by atoms with Crippen molar-refractivity contribution < 1.29 is 24.6 Å². The van der Waals surface area contributed by atoms with E-state index in [-0.39, 0.29) is 37.9 Å². The molecule has 0 unspecified atom stereocenters.